The number of amides is 1. The molecule has 1 amide bonds. The van der Waals surface area contributed by atoms with Gasteiger partial charge in [-0.3, -0.25) is 10.1 Å². The van der Waals surface area contributed by atoms with Gasteiger partial charge >= 0.3 is 6.01 Å². The van der Waals surface area contributed by atoms with E-state index in [2.05, 4.69) is 15.5 Å². The van der Waals surface area contributed by atoms with Gasteiger partial charge in [-0.15, -0.1) is 5.10 Å². The van der Waals surface area contributed by atoms with Crippen LogP contribution in [0.2, 0.25) is 5.02 Å². The fourth-order valence-electron chi connectivity index (χ4n) is 1.61. The van der Waals surface area contributed by atoms with Gasteiger partial charge in [0.25, 0.3) is 11.8 Å². The molecule has 0 unspecified atom stereocenters. The van der Waals surface area contributed by atoms with Gasteiger partial charge in [-0.1, -0.05) is 16.7 Å². The summed E-state index contributed by atoms with van der Waals surface area (Å²) in [6.07, 6.45) is 0. The Morgan fingerprint density at radius 3 is 2.90 bits per heavy atom. The standard InChI is InChI=1S/C13H7ClFN3O2S/c14-10-5-8(15)1-2-9(10)11(19)16-13-18-17-12(20-13)7-3-4-21-6-7/h1-6H,(H,16,18,19). The Balaban J connectivity index is 1.79. The third-order valence-electron chi connectivity index (χ3n) is 2.59. The smallest absolute Gasteiger partial charge is 0.322 e. The Labute approximate surface area is 127 Å². The molecule has 0 spiro atoms. The van der Waals surface area contributed by atoms with Crippen LogP contribution in [0.4, 0.5) is 10.4 Å². The Kier molecular flexibility index (Phi) is 3.68. The molecule has 0 aliphatic rings. The van der Waals surface area contributed by atoms with Crippen LogP contribution in [-0.2, 0) is 0 Å². The fourth-order valence-corrected chi connectivity index (χ4v) is 2.50. The van der Waals surface area contributed by atoms with E-state index in [1.54, 1.807) is 0 Å². The number of rotatable bonds is 3. The topological polar surface area (TPSA) is 68.0 Å². The first-order valence-corrected chi connectivity index (χ1v) is 7.08. The van der Waals surface area contributed by atoms with Gasteiger partial charge < -0.3 is 4.42 Å². The van der Waals surface area contributed by atoms with E-state index >= 15 is 0 Å². The largest absolute Gasteiger partial charge is 0.403 e. The molecule has 8 heteroatoms. The Bertz CT molecular complexity index is 789. The minimum atomic E-state index is -0.555. The first kappa shape index (κ1) is 13.7. The number of thiophene rings is 1. The van der Waals surface area contributed by atoms with Gasteiger partial charge in [0.2, 0.25) is 0 Å². The second-order valence-electron chi connectivity index (χ2n) is 4.00. The monoisotopic (exact) mass is 323 g/mol. The molecule has 106 valence electrons. The molecule has 5 nitrogen and oxygen atoms in total. The van der Waals surface area contributed by atoms with E-state index in [9.17, 15) is 9.18 Å². The number of hydrogen-bond acceptors (Lipinski definition) is 5. The van der Waals surface area contributed by atoms with E-state index in [-0.39, 0.29) is 16.6 Å². The van der Waals surface area contributed by atoms with Crippen molar-refractivity contribution in [1.29, 1.82) is 0 Å². The van der Waals surface area contributed by atoms with E-state index in [0.29, 0.717) is 5.89 Å². The van der Waals surface area contributed by atoms with Crippen molar-refractivity contribution in [1.82, 2.24) is 10.2 Å². The summed E-state index contributed by atoms with van der Waals surface area (Å²) in [6.45, 7) is 0. The van der Waals surface area contributed by atoms with Crippen LogP contribution in [0, 0.1) is 5.82 Å². The number of aromatic nitrogens is 2. The van der Waals surface area contributed by atoms with Crippen LogP contribution in [0.15, 0.2) is 39.4 Å². The number of carbonyl (C=O) groups excluding carboxylic acids is 1. The van der Waals surface area contributed by atoms with Crippen LogP contribution >= 0.6 is 22.9 Å². The van der Waals surface area contributed by atoms with Gasteiger partial charge in [0, 0.05) is 10.9 Å². The van der Waals surface area contributed by atoms with Crippen LogP contribution in [0.1, 0.15) is 10.4 Å². The number of hydrogen-bond donors (Lipinski definition) is 1. The van der Waals surface area contributed by atoms with Gasteiger partial charge in [0.15, 0.2) is 0 Å². The number of halogens is 2. The van der Waals surface area contributed by atoms with Gasteiger partial charge in [0.1, 0.15) is 5.82 Å². The summed E-state index contributed by atoms with van der Waals surface area (Å²) in [5.74, 6) is -0.772. The zero-order chi connectivity index (χ0) is 14.8. The molecule has 2 aromatic heterocycles. The third kappa shape index (κ3) is 2.93. The highest BCUT2D eigenvalue weighted by molar-refractivity contribution is 7.08. The van der Waals surface area contributed by atoms with Crippen LogP contribution < -0.4 is 5.32 Å². The van der Waals surface area contributed by atoms with Crippen molar-refractivity contribution >= 4 is 34.9 Å². The molecule has 3 rings (SSSR count). The van der Waals surface area contributed by atoms with E-state index in [1.807, 2.05) is 16.8 Å². The Morgan fingerprint density at radius 2 is 2.19 bits per heavy atom. The second-order valence-corrected chi connectivity index (χ2v) is 5.19. The lowest BCUT2D eigenvalue weighted by Gasteiger charge is -2.02. The summed E-state index contributed by atoms with van der Waals surface area (Å²) in [6, 6.07) is 5.25. The fraction of sp³-hybridized carbons (Fsp3) is 0. The zero-order valence-corrected chi connectivity index (χ0v) is 11.9. The van der Waals surface area contributed by atoms with Crippen molar-refractivity contribution in [3.63, 3.8) is 0 Å². The van der Waals surface area contributed by atoms with E-state index < -0.39 is 11.7 Å². The van der Waals surface area contributed by atoms with Crippen molar-refractivity contribution in [3.8, 4) is 11.5 Å². The van der Waals surface area contributed by atoms with Crippen LogP contribution in [0.3, 0.4) is 0 Å². The van der Waals surface area contributed by atoms with Crippen molar-refractivity contribution in [3.05, 3.63) is 51.4 Å². The van der Waals surface area contributed by atoms with Gasteiger partial charge in [-0.25, -0.2) is 4.39 Å². The lowest BCUT2D eigenvalue weighted by molar-refractivity contribution is 0.102. The van der Waals surface area contributed by atoms with Gasteiger partial charge in [-0.05, 0) is 29.6 Å². The maximum atomic E-state index is 12.9. The number of benzene rings is 1. The summed E-state index contributed by atoms with van der Waals surface area (Å²) in [4.78, 5) is 12.0. The minimum absolute atomic E-state index is 0.00470. The molecule has 0 bridgehead atoms. The molecule has 0 aliphatic carbocycles. The maximum absolute atomic E-state index is 12.9. The number of nitrogens with zero attached hydrogens (tertiary/aromatic N) is 2. The third-order valence-corrected chi connectivity index (χ3v) is 3.59. The molecule has 0 saturated heterocycles. The minimum Gasteiger partial charge on any atom is -0.403 e. The maximum Gasteiger partial charge on any atom is 0.322 e. The van der Waals surface area contributed by atoms with Crippen LogP contribution in [-0.4, -0.2) is 16.1 Å². The Morgan fingerprint density at radius 1 is 1.33 bits per heavy atom. The molecule has 21 heavy (non-hydrogen) atoms. The van der Waals surface area contributed by atoms with Crippen molar-refractivity contribution < 1.29 is 13.6 Å². The van der Waals surface area contributed by atoms with Crippen molar-refractivity contribution in [2.24, 2.45) is 0 Å². The quantitative estimate of drug-likeness (QED) is 0.795. The van der Waals surface area contributed by atoms with E-state index in [0.717, 1.165) is 17.7 Å². The zero-order valence-electron chi connectivity index (χ0n) is 10.3. The first-order valence-electron chi connectivity index (χ1n) is 5.76. The molecule has 2 heterocycles. The average Bonchev–Trinajstić information content (AvgIpc) is 3.08. The molecule has 0 radical (unpaired) electrons. The highest BCUT2D eigenvalue weighted by Crippen LogP contribution is 2.23. The van der Waals surface area contributed by atoms with Gasteiger partial charge in [0.05, 0.1) is 10.6 Å². The van der Waals surface area contributed by atoms with Crippen molar-refractivity contribution in [2.45, 2.75) is 0 Å². The second kappa shape index (κ2) is 5.63. The predicted octanol–water partition coefficient (Wildman–Crippen LogP) is 3.84. The molecule has 0 saturated carbocycles. The summed E-state index contributed by atoms with van der Waals surface area (Å²) in [5.41, 5.74) is 0.890. The van der Waals surface area contributed by atoms with E-state index in [4.69, 9.17) is 16.0 Å². The molecule has 0 aliphatic heterocycles. The molecule has 3 aromatic rings. The number of nitrogens with one attached hydrogen (secondary N) is 1. The SMILES string of the molecule is O=C(Nc1nnc(-c2ccsc2)o1)c1ccc(F)cc1Cl. The van der Waals surface area contributed by atoms with Gasteiger partial charge in [-0.2, -0.15) is 11.3 Å². The first-order chi connectivity index (χ1) is 10.1. The molecule has 0 atom stereocenters. The highest BCUT2D eigenvalue weighted by Gasteiger charge is 2.15. The van der Waals surface area contributed by atoms with Crippen LogP contribution in [0.25, 0.3) is 11.5 Å². The number of anilines is 1. The summed E-state index contributed by atoms with van der Waals surface area (Å²) >= 11 is 7.30. The molecular weight excluding hydrogens is 317 g/mol. The summed E-state index contributed by atoms with van der Waals surface area (Å²) in [7, 11) is 0. The number of carbonyl (C=O) groups is 1. The average molecular weight is 324 g/mol. The lowest BCUT2D eigenvalue weighted by atomic mass is 10.2. The molecular formula is C13H7ClFN3O2S. The molecule has 1 N–H and O–H groups in total. The summed E-state index contributed by atoms with van der Waals surface area (Å²) < 4.78 is 18.3. The summed E-state index contributed by atoms with van der Waals surface area (Å²) in [5, 5.41) is 13.7. The highest BCUT2D eigenvalue weighted by atomic mass is 35.5. The Hall–Kier alpha value is -2.25. The molecule has 1 aromatic carbocycles. The predicted molar refractivity (Wildman–Crippen MR) is 77.0 cm³/mol. The molecule has 0 fully saturated rings. The van der Waals surface area contributed by atoms with Crippen molar-refractivity contribution in [2.75, 3.05) is 5.32 Å². The van der Waals surface area contributed by atoms with Crippen LogP contribution in [0.5, 0.6) is 0 Å². The lowest BCUT2D eigenvalue weighted by Crippen LogP contribution is -2.12. The normalized spacial score (nSPS) is 10.6. The van der Waals surface area contributed by atoms with E-state index in [1.165, 1.54) is 17.4 Å².